The molecule has 0 saturated heterocycles. The molecular weight excluding hydrogens is 192 g/mol. The minimum atomic E-state index is -0.492. The van der Waals surface area contributed by atoms with Gasteiger partial charge in [-0.15, -0.1) is 0 Å². The first-order chi connectivity index (χ1) is 7.33. The Morgan fingerprint density at radius 3 is 2.60 bits per heavy atom. The molecule has 1 saturated carbocycles. The lowest BCUT2D eigenvalue weighted by atomic mass is 9.90. The lowest BCUT2D eigenvalue weighted by Gasteiger charge is -2.20. The van der Waals surface area contributed by atoms with E-state index in [0.29, 0.717) is 19.1 Å². The van der Waals surface area contributed by atoms with Crippen LogP contribution in [-0.4, -0.2) is 19.4 Å². The van der Waals surface area contributed by atoms with E-state index in [9.17, 15) is 4.79 Å². The van der Waals surface area contributed by atoms with Gasteiger partial charge in [0.05, 0.1) is 13.2 Å². The molecule has 0 aliphatic heterocycles. The van der Waals surface area contributed by atoms with Crippen molar-refractivity contribution in [3.8, 4) is 0 Å². The molecule has 3 nitrogen and oxygen atoms in total. The molecule has 0 N–H and O–H groups in total. The van der Waals surface area contributed by atoms with Crippen molar-refractivity contribution in [1.82, 2.24) is 0 Å². The highest BCUT2D eigenvalue weighted by molar-refractivity contribution is 5.59. The van der Waals surface area contributed by atoms with Crippen LogP contribution in [0.4, 0.5) is 4.79 Å². The van der Waals surface area contributed by atoms with Gasteiger partial charge >= 0.3 is 6.16 Å². The highest BCUT2D eigenvalue weighted by Gasteiger charge is 2.15. The van der Waals surface area contributed by atoms with E-state index in [1.807, 2.05) is 0 Å². The van der Waals surface area contributed by atoms with Gasteiger partial charge in [0.25, 0.3) is 0 Å². The number of carbonyl (C=O) groups is 1. The van der Waals surface area contributed by atoms with Crippen LogP contribution in [0.5, 0.6) is 0 Å². The summed E-state index contributed by atoms with van der Waals surface area (Å²) >= 11 is 0. The van der Waals surface area contributed by atoms with E-state index in [1.165, 1.54) is 32.1 Å². The van der Waals surface area contributed by atoms with Crippen LogP contribution >= 0.6 is 0 Å². The molecule has 0 spiro atoms. The summed E-state index contributed by atoms with van der Waals surface area (Å²) in [5, 5.41) is 0. The van der Waals surface area contributed by atoms with Gasteiger partial charge in [0.2, 0.25) is 0 Å². The van der Waals surface area contributed by atoms with Crippen molar-refractivity contribution in [3.63, 3.8) is 0 Å². The normalized spacial score (nSPS) is 17.4. The second-order valence-corrected chi connectivity index (χ2v) is 4.27. The van der Waals surface area contributed by atoms with Gasteiger partial charge in [-0.05, 0) is 25.2 Å². The van der Waals surface area contributed by atoms with Crippen molar-refractivity contribution in [2.24, 2.45) is 5.92 Å². The second kappa shape index (κ2) is 7.55. The molecule has 0 radical (unpaired) electrons. The molecule has 0 aromatic heterocycles. The van der Waals surface area contributed by atoms with Gasteiger partial charge in [-0.3, -0.25) is 0 Å². The van der Waals surface area contributed by atoms with Crippen LogP contribution in [0.15, 0.2) is 0 Å². The summed E-state index contributed by atoms with van der Waals surface area (Å²) < 4.78 is 9.98. The first-order valence-electron chi connectivity index (χ1n) is 6.12. The molecular formula is C12H22O3. The lowest BCUT2D eigenvalue weighted by molar-refractivity contribution is 0.0391. The van der Waals surface area contributed by atoms with E-state index in [2.05, 4.69) is 6.92 Å². The number of ether oxygens (including phenoxy) is 2. The van der Waals surface area contributed by atoms with E-state index in [-0.39, 0.29) is 0 Å². The Balaban J connectivity index is 2.00. The van der Waals surface area contributed by atoms with Crippen molar-refractivity contribution in [3.05, 3.63) is 0 Å². The van der Waals surface area contributed by atoms with E-state index >= 15 is 0 Å². The van der Waals surface area contributed by atoms with Crippen LogP contribution in [0.3, 0.4) is 0 Å². The fraction of sp³-hybridized carbons (Fsp3) is 0.917. The van der Waals surface area contributed by atoms with Crippen LogP contribution in [0.2, 0.25) is 0 Å². The Morgan fingerprint density at radius 2 is 1.93 bits per heavy atom. The lowest BCUT2D eigenvalue weighted by Crippen LogP contribution is -2.17. The summed E-state index contributed by atoms with van der Waals surface area (Å²) in [7, 11) is 0. The quantitative estimate of drug-likeness (QED) is 0.519. The summed E-state index contributed by atoms with van der Waals surface area (Å²) in [6.45, 7) is 3.10. The van der Waals surface area contributed by atoms with Crippen molar-refractivity contribution in [2.45, 2.75) is 51.9 Å². The van der Waals surface area contributed by atoms with E-state index < -0.39 is 6.16 Å². The summed E-state index contributed by atoms with van der Waals surface area (Å²) in [5.41, 5.74) is 0. The minimum absolute atomic E-state index is 0.486. The molecule has 0 amide bonds. The van der Waals surface area contributed by atoms with Crippen LogP contribution in [0.1, 0.15) is 51.9 Å². The highest BCUT2D eigenvalue weighted by Crippen LogP contribution is 2.23. The molecule has 88 valence electrons. The van der Waals surface area contributed by atoms with Gasteiger partial charge in [-0.2, -0.15) is 0 Å². The van der Waals surface area contributed by atoms with Crippen molar-refractivity contribution in [1.29, 1.82) is 0 Å². The largest absolute Gasteiger partial charge is 0.508 e. The predicted octanol–water partition coefficient (Wildman–Crippen LogP) is 3.52. The van der Waals surface area contributed by atoms with Gasteiger partial charge in [-0.25, -0.2) is 4.79 Å². The maximum absolute atomic E-state index is 11.1. The van der Waals surface area contributed by atoms with E-state index in [1.54, 1.807) is 0 Å². The summed E-state index contributed by atoms with van der Waals surface area (Å²) in [6.07, 6.45) is 7.74. The van der Waals surface area contributed by atoms with Gasteiger partial charge in [-0.1, -0.05) is 32.6 Å². The number of carbonyl (C=O) groups excluding carboxylic acids is 1. The Bertz CT molecular complexity index is 174. The zero-order valence-corrected chi connectivity index (χ0v) is 9.67. The van der Waals surface area contributed by atoms with Crippen molar-refractivity contribution < 1.29 is 14.3 Å². The molecule has 0 heterocycles. The van der Waals surface area contributed by atoms with E-state index in [0.717, 1.165) is 12.8 Å². The van der Waals surface area contributed by atoms with Gasteiger partial charge in [0.1, 0.15) is 0 Å². The topological polar surface area (TPSA) is 35.5 Å². The average molecular weight is 214 g/mol. The summed E-state index contributed by atoms with van der Waals surface area (Å²) in [4.78, 5) is 11.1. The molecule has 0 aromatic rings. The van der Waals surface area contributed by atoms with Gasteiger partial charge in [0.15, 0.2) is 0 Å². The first kappa shape index (κ1) is 12.3. The Hall–Kier alpha value is -0.730. The predicted molar refractivity (Wildman–Crippen MR) is 58.8 cm³/mol. The molecule has 1 aliphatic rings. The number of unbranched alkanes of at least 4 members (excludes halogenated alkanes) is 1. The van der Waals surface area contributed by atoms with Gasteiger partial charge in [0, 0.05) is 0 Å². The molecule has 1 fully saturated rings. The molecule has 0 unspecified atom stereocenters. The Morgan fingerprint density at radius 1 is 1.20 bits per heavy atom. The highest BCUT2D eigenvalue weighted by atomic mass is 16.7. The van der Waals surface area contributed by atoms with Crippen LogP contribution in [0.25, 0.3) is 0 Å². The Kier molecular flexibility index (Phi) is 6.21. The average Bonchev–Trinajstić information content (AvgIpc) is 2.28. The first-order valence-corrected chi connectivity index (χ1v) is 6.12. The maximum Gasteiger partial charge on any atom is 0.508 e. The molecule has 0 atom stereocenters. The van der Waals surface area contributed by atoms with Crippen LogP contribution in [-0.2, 0) is 9.47 Å². The van der Waals surface area contributed by atoms with Crippen molar-refractivity contribution >= 4 is 6.16 Å². The standard InChI is InChI=1S/C12H22O3/c1-2-3-9-14-12(13)15-10-11-7-5-4-6-8-11/h11H,2-10H2,1H3. The van der Waals surface area contributed by atoms with Crippen LogP contribution in [0, 0.1) is 5.92 Å². The smallest absolute Gasteiger partial charge is 0.434 e. The SMILES string of the molecule is CCCCOC(=O)OCC1CCCCC1. The number of hydrogen-bond donors (Lipinski definition) is 0. The second-order valence-electron chi connectivity index (χ2n) is 4.27. The van der Waals surface area contributed by atoms with E-state index in [4.69, 9.17) is 9.47 Å². The molecule has 3 heteroatoms. The number of rotatable bonds is 5. The summed E-state index contributed by atoms with van der Waals surface area (Å²) in [5.74, 6) is 0.567. The zero-order chi connectivity index (χ0) is 10.9. The summed E-state index contributed by atoms with van der Waals surface area (Å²) in [6, 6.07) is 0. The zero-order valence-electron chi connectivity index (χ0n) is 9.67. The monoisotopic (exact) mass is 214 g/mol. The molecule has 0 aromatic carbocycles. The maximum atomic E-state index is 11.1. The third kappa shape index (κ3) is 5.65. The Labute approximate surface area is 92.1 Å². The third-order valence-corrected chi connectivity index (χ3v) is 2.88. The molecule has 1 aliphatic carbocycles. The van der Waals surface area contributed by atoms with Crippen LogP contribution < -0.4 is 0 Å². The van der Waals surface area contributed by atoms with Crippen molar-refractivity contribution in [2.75, 3.05) is 13.2 Å². The fourth-order valence-electron chi connectivity index (χ4n) is 1.88. The van der Waals surface area contributed by atoms with Gasteiger partial charge < -0.3 is 9.47 Å². The third-order valence-electron chi connectivity index (χ3n) is 2.88. The number of hydrogen-bond acceptors (Lipinski definition) is 3. The molecule has 1 rings (SSSR count). The minimum Gasteiger partial charge on any atom is -0.434 e. The molecule has 0 bridgehead atoms. The fourth-order valence-corrected chi connectivity index (χ4v) is 1.88. The molecule has 15 heavy (non-hydrogen) atoms.